The van der Waals surface area contributed by atoms with Gasteiger partial charge in [-0.3, -0.25) is 4.79 Å². The third-order valence-electron chi connectivity index (χ3n) is 3.31. The zero-order chi connectivity index (χ0) is 13.4. The number of nitrogens with one attached hydrogen (secondary N) is 1. The van der Waals surface area contributed by atoms with Crippen molar-refractivity contribution >= 4 is 29.1 Å². The lowest BCUT2D eigenvalue weighted by Gasteiger charge is -2.27. The minimum Gasteiger partial charge on any atom is -0.345 e. The average Bonchev–Trinajstić information content (AvgIpc) is 2.41. The number of halogens is 2. The first-order valence-corrected chi connectivity index (χ1v) is 6.73. The smallest absolute Gasteiger partial charge is 0.225 e. The molecule has 3 rings (SSSR count). The molecule has 0 spiro atoms. The molecular formula is C15H11Cl2NO. The minimum atomic E-state index is -0.233. The van der Waals surface area contributed by atoms with E-state index in [-0.39, 0.29) is 11.9 Å². The normalized spacial score (nSPS) is 17.8. The van der Waals surface area contributed by atoms with Gasteiger partial charge < -0.3 is 5.32 Å². The second-order valence-corrected chi connectivity index (χ2v) is 5.30. The van der Waals surface area contributed by atoms with E-state index < -0.39 is 0 Å². The third-order valence-corrected chi connectivity index (χ3v) is 4.15. The number of amides is 1. The Morgan fingerprint density at radius 2 is 1.74 bits per heavy atom. The van der Waals surface area contributed by atoms with Gasteiger partial charge in [0.2, 0.25) is 5.91 Å². The number of fused-ring (bicyclic) bond motifs is 1. The summed E-state index contributed by atoms with van der Waals surface area (Å²) >= 11 is 12.3. The molecule has 0 bridgehead atoms. The van der Waals surface area contributed by atoms with E-state index in [0.29, 0.717) is 16.5 Å². The number of hydrogen-bond acceptors (Lipinski definition) is 1. The molecule has 4 heteroatoms. The van der Waals surface area contributed by atoms with Crippen LogP contribution in [0.3, 0.4) is 0 Å². The van der Waals surface area contributed by atoms with E-state index in [0.717, 1.165) is 16.7 Å². The molecule has 1 N–H and O–H groups in total. The van der Waals surface area contributed by atoms with E-state index in [9.17, 15) is 4.79 Å². The topological polar surface area (TPSA) is 29.1 Å². The second-order valence-electron chi connectivity index (χ2n) is 4.52. The first-order chi connectivity index (χ1) is 9.16. The molecule has 19 heavy (non-hydrogen) atoms. The Labute approximate surface area is 121 Å². The van der Waals surface area contributed by atoms with Gasteiger partial charge in [-0.25, -0.2) is 0 Å². The molecular weight excluding hydrogens is 281 g/mol. The minimum absolute atomic E-state index is 0.000239. The summed E-state index contributed by atoms with van der Waals surface area (Å²) < 4.78 is 0. The largest absolute Gasteiger partial charge is 0.345 e. The molecule has 0 unspecified atom stereocenters. The van der Waals surface area contributed by atoms with Crippen LogP contribution in [0.15, 0.2) is 42.5 Å². The van der Waals surface area contributed by atoms with Crippen molar-refractivity contribution in [2.75, 3.05) is 0 Å². The first kappa shape index (κ1) is 12.5. The van der Waals surface area contributed by atoms with Gasteiger partial charge in [0.1, 0.15) is 0 Å². The van der Waals surface area contributed by atoms with Crippen molar-refractivity contribution < 1.29 is 4.79 Å². The lowest BCUT2D eigenvalue weighted by molar-refractivity contribution is -0.121. The Morgan fingerprint density at radius 1 is 1.00 bits per heavy atom. The molecule has 0 fully saturated rings. The van der Waals surface area contributed by atoms with Crippen molar-refractivity contribution in [3.8, 4) is 0 Å². The molecule has 1 heterocycles. The number of carbonyl (C=O) groups excluding carboxylic acids is 1. The van der Waals surface area contributed by atoms with Crippen LogP contribution >= 0.6 is 23.2 Å². The maximum Gasteiger partial charge on any atom is 0.225 e. The second kappa shape index (κ2) is 4.87. The molecule has 0 saturated carbocycles. The standard InChI is InChI=1S/C15H11Cl2NO/c16-12-7-3-6-11(14(12)17)15-10-5-2-1-4-9(10)8-13(19)18-15/h1-7,15H,8H2,(H,18,19)/t15-/m0/s1. The molecule has 96 valence electrons. The van der Waals surface area contributed by atoms with E-state index >= 15 is 0 Å². The van der Waals surface area contributed by atoms with Crippen molar-refractivity contribution in [3.05, 3.63) is 69.2 Å². The Hall–Kier alpha value is -1.51. The van der Waals surface area contributed by atoms with Crippen LogP contribution in [0.1, 0.15) is 22.7 Å². The zero-order valence-electron chi connectivity index (χ0n) is 9.99. The van der Waals surface area contributed by atoms with Gasteiger partial charge in [-0.1, -0.05) is 59.6 Å². The monoisotopic (exact) mass is 291 g/mol. The van der Waals surface area contributed by atoms with Gasteiger partial charge in [0.05, 0.1) is 22.5 Å². The Kier molecular flexibility index (Phi) is 3.21. The highest BCUT2D eigenvalue weighted by atomic mass is 35.5. The van der Waals surface area contributed by atoms with E-state index in [1.54, 1.807) is 6.07 Å². The summed E-state index contributed by atoms with van der Waals surface area (Å²) in [5.41, 5.74) is 2.94. The van der Waals surface area contributed by atoms with Crippen LogP contribution in [-0.2, 0) is 11.2 Å². The number of benzene rings is 2. The van der Waals surface area contributed by atoms with Crippen molar-refractivity contribution in [1.82, 2.24) is 5.32 Å². The summed E-state index contributed by atoms with van der Waals surface area (Å²) in [6.07, 6.45) is 0.408. The molecule has 1 amide bonds. The molecule has 1 aliphatic heterocycles. The zero-order valence-corrected chi connectivity index (χ0v) is 11.5. The van der Waals surface area contributed by atoms with Crippen LogP contribution in [0, 0.1) is 0 Å². The molecule has 0 aromatic heterocycles. The molecule has 2 aromatic carbocycles. The summed E-state index contributed by atoms with van der Waals surface area (Å²) in [6, 6.07) is 13.1. The molecule has 0 saturated heterocycles. The highest BCUT2D eigenvalue weighted by Crippen LogP contribution is 2.35. The average molecular weight is 292 g/mol. The Bertz CT molecular complexity index is 654. The highest BCUT2D eigenvalue weighted by Gasteiger charge is 2.27. The van der Waals surface area contributed by atoms with Crippen LogP contribution in [0.25, 0.3) is 0 Å². The molecule has 1 atom stereocenters. The van der Waals surface area contributed by atoms with Crippen LogP contribution in [0.5, 0.6) is 0 Å². The van der Waals surface area contributed by atoms with E-state index in [1.165, 1.54) is 0 Å². The van der Waals surface area contributed by atoms with Gasteiger partial charge in [0.15, 0.2) is 0 Å². The number of rotatable bonds is 1. The quantitative estimate of drug-likeness (QED) is 0.852. The van der Waals surface area contributed by atoms with Gasteiger partial charge in [-0.15, -0.1) is 0 Å². The van der Waals surface area contributed by atoms with Crippen molar-refractivity contribution in [1.29, 1.82) is 0 Å². The molecule has 0 radical (unpaired) electrons. The van der Waals surface area contributed by atoms with Gasteiger partial charge >= 0.3 is 0 Å². The predicted octanol–water partition coefficient (Wildman–Crippen LogP) is 3.76. The molecule has 2 nitrogen and oxygen atoms in total. The van der Waals surface area contributed by atoms with Crippen LogP contribution in [-0.4, -0.2) is 5.91 Å². The van der Waals surface area contributed by atoms with Gasteiger partial charge in [-0.05, 0) is 22.8 Å². The fourth-order valence-electron chi connectivity index (χ4n) is 2.43. The summed E-state index contributed by atoms with van der Waals surface area (Å²) in [5, 5.41) is 3.96. The number of hydrogen-bond donors (Lipinski definition) is 1. The van der Waals surface area contributed by atoms with Crippen LogP contribution < -0.4 is 5.32 Å². The summed E-state index contributed by atoms with van der Waals surface area (Å²) in [4.78, 5) is 11.8. The van der Waals surface area contributed by atoms with E-state index in [1.807, 2.05) is 36.4 Å². The lowest BCUT2D eigenvalue weighted by atomic mass is 9.89. The first-order valence-electron chi connectivity index (χ1n) is 5.98. The van der Waals surface area contributed by atoms with E-state index in [4.69, 9.17) is 23.2 Å². The SMILES string of the molecule is O=C1Cc2ccccc2[C@@H](c2cccc(Cl)c2Cl)N1. The fraction of sp³-hybridized carbons (Fsp3) is 0.133. The summed E-state index contributed by atoms with van der Waals surface area (Å²) in [7, 11) is 0. The predicted molar refractivity (Wildman–Crippen MR) is 76.6 cm³/mol. The Morgan fingerprint density at radius 3 is 2.58 bits per heavy atom. The van der Waals surface area contributed by atoms with Gasteiger partial charge in [0, 0.05) is 0 Å². The molecule has 1 aliphatic rings. The summed E-state index contributed by atoms with van der Waals surface area (Å²) in [6.45, 7) is 0. The maximum atomic E-state index is 11.8. The maximum absolute atomic E-state index is 11.8. The fourth-order valence-corrected chi connectivity index (χ4v) is 2.85. The van der Waals surface area contributed by atoms with Crippen LogP contribution in [0.4, 0.5) is 0 Å². The van der Waals surface area contributed by atoms with E-state index in [2.05, 4.69) is 5.32 Å². The van der Waals surface area contributed by atoms with Crippen molar-refractivity contribution in [2.24, 2.45) is 0 Å². The van der Waals surface area contributed by atoms with Crippen molar-refractivity contribution in [3.63, 3.8) is 0 Å². The van der Waals surface area contributed by atoms with Gasteiger partial charge in [-0.2, -0.15) is 0 Å². The molecule has 0 aliphatic carbocycles. The highest BCUT2D eigenvalue weighted by molar-refractivity contribution is 6.42. The Balaban J connectivity index is 2.15. The molecule has 2 aromatic rings. The summed E-state index contributed by atoms with van der Waals surface area (Å²) in [5.74, 6) is -0.000239. The van der Waals surface area contributed by atoms with Crippen LogP contribution in [0.2, 0.25) is 10.0 Å². The number of carbonyl (C=O) groups is 1. The lowest BCUT2D eigenvalue weighted by Crippen LogP contribution is -2.35. The third kappa shape index (κ3) is 2.22. The van der Waals surface area contributed by atoms with Crippen molar-refractivity contribution in [2.45, 2.75) is 12.5 Å². The van der Waals surface area contributed by atoms with Gasteiger partial charge in [0.25, 0.3) is 0 Å².